The molecule has 1 heterocycles. The van der Waals surface area contributed by atoms with Gasteiger partial charge in [-0.3, -0.25) is 4.90 Å². The first-order valence-corrected chi connectivity index (χ1v) is 10.9. The van der Waals surface area contributed by atoms with Crippen molar-refractivity contribution < 1.29 is 9.84 Å². The van der Waals surface area contributed by atoms with Crippen LogP contribution in [0.1, 0.15) is 50.8 Å². The zero-order chi connectivity index (χ0) is 19.6. The van der Waals surface area contributed by atoms with Crippen molar-refractivity contribution in [2.75, 3.05) is 6.26 Å². The fourth-order valence-electron chi connectivity index (χ4n) is 3.60. The third kappa shape index (κ3) is 4.80. The molecule has 2 aromatic carbocycles. The molecule has 0 aromatic heterocycles. The molecule has 0 spiro atoms. The number of aromatic hydroxyl groups is 1. The fourth-order valence-corrected chi connectivity index (χ4v) is 4.06. The minimum atomic E-state index is 0.0527. The van der Waals surface area contributed by atoms with Gasteiger partial charge in [0.25, 0.3) is 0 Å². The van der Waals surface area contributed by atoms with Crippen molar-refractivity contribution in [3.05, 3.63) is 53.1 Å². The molecular formula is C23H31NO2S. The highest BCUT2D eigenvalue weighted by atomic mass is 32.2. The van der Waals surface area contributed by atoms with Gasteiger partial charge in [-0.25, -0.2) is 0 Å². The van der Waals surface area contributed by atoms with Gasteiger partial charge < -0.3 is 9.84 Å². The molecule has 0 aliphatic carbocycles. The smallest absolute Gasteiger partial charge is 0.161 e. The molecule has 1 aliphatic rings. The van der Waals surface area contributed by atoms with E-state index in [0.717, 1.165) is 25.9 Å². The molecule has 0 saturated carbocycles. The van der Waals surface area contributed by atoms with Crippen LogP contribution < -0.4 is 4.74 Å². The molecule has 0 atom stereocenters. The summed E-state index contributed by atoms with van der Waals surface area (Å²) < 4.78 is 5.72. The lowest BCUT2D eigenvalue weighted by Crippen LogP contribution is -2.40. The number of benzene rings is 2. The number of hydrogen-bond donors (Lipinski definition) is 1. The second-order valence-corrected chi connectivity index (χ2v) is 9.15. The molecule has 27 heavy (non-hydrogen) atoms. The number of nitrogens with zero attached hydrogens (tertiary/aromatic N) is 1. The molecule has 4 heteroatoms. The molecule has 1 N–H and O–H groups in total. The first-order valence-electron chi connectivity index (χ1n) is 9.68. The summed E-state index contributed by atoms with van der Waals surface area (Å²) in [4.78, 5) is 3.92. The average Bonchev–Trinajstić information content (AvgIpc) is 3.06. The van der Waals surface area contributed by atoms with Crippen molar-refractivity contribution in [2.45, 2.75) is 70.2 Å². The molecule has 146 valence electrons. The SMILES string of the molecule is CSc1ccc2c(c1)CN(C(C)(C)CCc1ccc(O)c(OC(C)C)c1)C2. The molecule has 0 bridgehead atoms. The Bertz CT molecular complexity index is 801. The van der Waals surface area contributed by atoms with Crippen LogP contribution in [0, 0.1) is 0 Å². The Labute approximate surface area is 167 Å². The third-order valence-electron chi connectivity index (χ3n) is 5.40. The third-order valence-corrected chi connectivity index (χ3v) is 6.13. The number of rotatable bonds is 7. The summed E-state index contributed by atoms with van der Waals surface area (Å²) in [6, 6.07) is 12.6. The molecule has 0 saturated heterocycles. The van der Waals surface area contributed by atoms with E-state index in [1.54, 1.807) is 17.8 Å². The molecule has 0 unspecified atom stereocenters. The number of hydrogen-bond acceptors (Lipinski definition) is 4. The molecule has 3 rings (SSSR count). The molecule has 1 aliphatic heterocycles. The van der Waals surface area contributed by atoms with Crippen molar-refractivity contribution >= 4 is 11.8 Å². The van der Waals surface area contributed by atoms with Crippen LogP contribution in [0.4, 0.5) is 0 Å². The standard InChI is InChI=1S/C23H31NO2S/c1-16(2)26-22-12-17(6-9-21(22)25)10-11-23(3,4)24-14-18-7-8-20(27-5)13-19(18)15-24/h6-9,12-13,16,25H,10-11,14-15H2,1-5H3. The van der Waals surface area contributed by atoms with Gasteiger partial charge in [-0.2, -0.15) is 0 Å². The van der Waals surface area contributed by atoms with Crippen molar-refractivity contribution in [3.8, 4) is 11.5 Å². The van der Waals surface area contributed by atoms with Gasteiger partial charge in [-0.1, -0.05) is 12.1 Å². The molecule has 3 nitrogen and oxygen atoms in total. The van der Waals surface area contributed by atoms with E-state index in [4.69, 9.17) is 4.74 Å². The monoisotopic (exact) mass is 385 g/mol. The number of thioether (sulfide) groups is 1. The van der Waals surface area contributed by atoms with E-state index in [2.05, 4.69) is 43.2 Å². The second-order valence-electron chi connectivity index (χ2n) is 8.27. The topological polar surface area (TPSA) is 32.7 Å². The van der Waals surface area contributed by atoms with E-state index in [1.807, 2.05) is 26.0 Å². The van der Waals surface area contributed by atoms with Crippen LogP contribution in [0.2, 0.25) is 0 Å². The van der Waals surface area contributed by atoms with E-state index in [9.17, 15) is 5.11 Å². The highest BCUT2D eigenvalue weighted by Crippen LogP contribution is 2.34. The van der Waals surface area contributed by atoms with Gasteiger partial charge in [0.15, 0.2) is 11.5 Å². The summed E-state index contributed by atoms with van der Waals surface area (Å²) >= 11 is 1.81. The van der Waals surface area contributed by atoms with E-state index >= 15 is 0 Å². The average molecular weight is 386 g/mol. The Morgan fingerprint density at radius 2 is 1.85 bits per heavy atom. The first kappa shape index (κ1) is 20.1. The van der Waals surface area contributed by atoms with Gasteiger partial charge in [-0.05, 0) is 87.7 Å². The minimum Gasteiger partial charge on any atom is -0.504 e. The molecule has 0 fully saturated rings. The summed E-state index contributed by atoms with van der Waals surface area (Å²) in [6.07, 6.45) is 4.21. The largest absolute Gasteiger partial charge is 0.504 e. The Hall–Kier alpha value is -1.65. The second kappa shape index (κ2) is 8.15. The van der Waals surface area contributed by atoms with Gasteiger partial charge in [0.2, 0.25) is 0 Å². The summed E-state index contributed by atoms with van der Waals surface area (Å²) in [6.45, 7) is 10.7. The predicted molar refractivity (Wildman–Crippen MR) is 114 cm³/mol. The van der Waals surface area contributed by atoms with Gasteiger partial charge in [-0.15, -0.1) is 11.8 Å². The quantitative estimate of drug-likeness (QED) is 0.626. The van der Waals surface area contributed by atoms with E-state index < -0.39 is 0 Å². The molecular weight excluding hydrogens is 354 g/mol. The maximum absolute atomic E-state index is 9.99. The van der Waals surface area contributed by atoms with Gasteiger partial charge >= 0.3 is 0 Å². The molecule has 0 amide bonds. The van der Waals surface area contributed by atoms with Crippen molar-refractivity contribution in [3.63, 3.8) is 0 Å². The van der Waals surface area contributed by atoms with Crippen LogP contribution in [-0.4, -0.2) is 27.9 Å². The van der Waals surface area contributed by atoms with Crippen LogP contribution >= 0.6 is 11.8 Å². The summed E-state index contributed by atoms with van der Waals surface area (Å²) in [5, 5.41) is 9.99. The van der Waals surface area contributed by atoms with Crippen molar-refractivity contribution in [1.82, 2.24) is 4.90 Å². The zero-order valence-corrected chi connectivity index (χ0v) is 17.9. The van der Waals surface area contributed by atoms with E-state index in [1.165, 1.54) is 21.6 Å². The number of fused-ring (bicyclic) bond motifs is 1. The summed E-state index contributed by atoms with van der Waals surface area (Å²) in [5.41, 5.74) is 4.23. The summed E-state index contributed by atoms with van der Waals surface area (Å²) in [7, 11) is 0. The van der Waals surface area contributed by atoms with Crippen LogP contribution in [0.3, 0.4) is 0 Å². The van der Waals surface area contributed by atoms with E-state index in [-0.39, 0.29) is 17.4 Å². The number of ether oxygens (including phenoxy) is 1. The highest BCUT2D eigenvalue weighted by Gasteiger charge is 2.31. The van der Waals surface area contributed by atoms with Crippen molar-refractivity contribution in [2.24, 2.45) is 0 Å². The minimum absolute atomic E-state index is 0.0527. The molecule has 2 aromatic rings. The lowest BCUT2D eigenvalue weighted by molar-refractivity contribution is 0.109. The fraction of sp³-hybridized carbons (Fsp3) is 0.478. The maximum atomic E-state index is 9.99. The first-order chi connectivity index (χ1) is 12.8. The number of aryl methyl sites for hydroxylation is 1. The van der Waals surface area contributed by atoms with Gasteiger partial charge in [0.1, 0.15) is 0 Å². The van der Waals surface area contributed by atoms with Crippen LogP contribution in [0.5, 0.6) is 11.5 Å². The zero-order valence-electron chi connectivity index (χ0n) is 17.1. The lowest BCUT2D eigenvalue weighted by Gasteiger charge is -2.35. The van der Waals surface area contributed by atoms with Crippen molar-refractivity contribution in [1.29, 1.82) is 0 Å². The number of phenolic OH excluding ortho intramolecular Hbond substituents is 1. The van der Waals surface area contributed by atoms with Gasteiger partial charge in [0, 0.05) is 23.5 Å². The van der Waals surface area contributed by atoms with Crippen LogP contribution in [0.25, 0.3) is 0 Å². The molecule has 0 radical (unpaired) electrons. The summed E-state index contributed by atoms with van der Waals surface area (Å²) in [5.74, 6) is 0.796. The lowest BCUT2D eigenvalue weighted by atomic mass is 9.93. The number of phenols is 1. The Balaban J connectivity index is 1.65. The van der Waals surface area contributed by atoms with E-state index in [0.29, 0.717) is 5.75 Å². The van der Waals surface area contributed by atoms with Crippen LogP contribution in [-0.2, 0) is 19.5 Å². The Morgan fingerprint density at radius 3 is 2.56 bits per heavy atom. The Morgan fingerprint density at radius 1 is 1.11 bits per heavy atom. The van der Waals surface area contributed by atoms with Crippen LogP contribution in [0.15, 0.2) is 41.3 Å². The maximum Gasteiger partial charge on any atom is 0.161 e. The normalized spacial score (nSPS) is 14.6. The Kier molecular flexibility index (Phi) is 6.07. The van der Waals surface area contributed by atoms with Gasteiger partial charge in [0.05, 0.1) is 6.10 Å². The predicted octanol–water partition coefficient (Wildman–Crippen LogP) is 5.63. The highest BCUT2D eigenvalue weighted by molar-refractivity contribution is 7.98.